The van der Waals surface area contributed by atoms with Crippen LogP contribution in [0.5, 0.6) is 11.5 Å². The molecule has 0 radical (unpaired) electrons. The van der Waals surface area contributed by atoms with Gasteiger partial charge in [0.2, 0.25) is 0 Å². The number of para-hydroxylation sites is 2. The fourth-order valence-electron chi connectivity index (χ4n) is 2.25. The minimum atomic E-state index is -0.624. The lowest BCUT2D eigenvalue weighted by Crippen LogP contribution is -2.13. The molecule has 0 saturated heterocycles. The summed E-state index contributed by atoms with van der Waals surface area (Å²) < 4.78 is 10.5. The van der Waals surface area contributed by atoms with Crippen LogP contribution in [-0.2, 0) is 0 Å². The van der Waals surface area contributed by atoms with E-state index in [-0.39, 0.29) is 16.9 Å². The van der Waals surface area contributed by atoms with Gasteiger partial charge in [0, 0.05) is 11.8 Å². The number of carbonyl (C=O) groups is 2. The van der Waals surface area contributed by atoms with Crippen LogP contribution in [0.2, 0.25) is 0 Å². The summed E-state index contributed by atoms with van der Waals surface area (Å²) in [5, 5.41) is 0. The summed E-state index contributed by atoms with van der Waals surface area (Å²) in [6.45, 7) is 0. The number of hydrogen-bond acceptors (Lipinski definition) is 6. The first-order chi connectivity index (χ1) is 12.5. The molecule has 0 aromatic heterocycles. The Morgan fingerprint density at radius 3 is 2.04 bits per heavy atom. The second-order valence-corrected chi connectivity index (χ2v) is 5.47. The van der Waals surface area contributed by atoms with Crippen molar-refractivity contribution in [3.05, 3.63) is 83.9 Å². The Morgan fingerprint density at radius 1 is 0.692 bits per heavy atom. The highest BCUT2D eigenvalue weighted by atomic mass is 16.5. The molecular weight excluding hydrogens is 332 g/mol. The molecule has 0 saturated carbocycles. The average Bonchev–Trinajstić information content (AvgIpc) is 2.63. The number of nitrogens with two attached hydrogens (primary N) is 2. The highest BCUT2D eigenvalue weighted by Crippen LogP contribution is 2.22. The average molecular weight is 348 g/mol. The van der Waals surface area contributed by atoms with Crippen LogP contribution < -0.4 is 20.9 Å². The van der Waals surface area contributed by atoms with Crippen molar-refractivity contribution in [2.45, 2.75) is 0 Å². The van der Waals surface area contributed by atoms with Gasteiger partial charge in [-0.25, -0.2) is 9.59 Å². The molecule has 0 aliphatic carbocycles. The molecular formula is C20H16N2O4. The zero-order valence-electron chi connectivity index (χ0n) is 13.7. The van der Waals surface area contributed by atoms with Crippen molar-refractivity contribution in [1.82, 2.24) is 0 Å². The van der Waals surface area contributed by atoms with Gasteiger partial charge in [0.25, 0.3) is 0 Å². The summed E-state index contributed by atoms with van der Waals surface area (Å²) in [7, 11) is 0. The number of nitrogen functional groups attached to an aromatic ring is 2. The molecule has 4 N–H and O–H groups in total. The van der Waals surface area contributed by atoms with Crippen LogP contribution in [0.1, 0.15) is 20.7 Å². The third kappa shape index (κ3) is 3.99. The maximum atomic E-state index is 12.3. The Morgan fingerprint density at radius 2 is 1.35 bits per heavy atom. The van der Waals surface area contributed by atoms with Crippen LogP contribution >= 0.6 is 0 Å². The van der Waals surface area contributed by atoms with Gasteiger partial charge in [-0.2, -0.15) is 0 Å². The maximum Gasteiger partial charge on any atom is 0.343 e. The second-order valence-electron chi connectivity index (χ2n) is 5.47. The SMILES string of the molecule is Nc1cccc(OC(=O)c2cccc(C(=O)Oc3ccccc3N)c2)c1. The van der Waals surface area contributed by atoms with Gasteiger partial charge in [-0.3, -0.25) is 0 Å². The monoisotopic (exact) mass is 348 g/mol. The van der Waals surface area contributed by atoms with Gasteiger partial charge >= 0.3 is 11.9 Å². The molecule has 26 heavy (non-hydrogen) atoms. The van der Waals surface area contributed by atoms with Crippen LogP contribution in [-0.4, -0.2) is 11.9 Å². The molecule has 0 amide bonds. The van der Waals surface area contributed by atoms with Crippen LogP contribution in [0.25, 0.3) is 0 Å². The first-order valence-corrected chi connectivity index (χ1v) is 7.77. The lowest BCUT2D eigenvalue weighted by molar-refractivity contribution is 0.0735. The number of ether oxygens (including phenoxy) is 2. The minimum absolute atomic E-state index is 0.204. The molecule has 0 fully saturated rings. The minimum Gasteiger partial charge on any atom is -0.423 e. The number of hydrogen-bond donors (Lipinski definition) is 2. The third-order valence-electron chi connectivity index (χ3n) is 3.52. The Balaban J connectivity index is 1.76. The normalized spacial score (nSPS) is 10.2. The van der Waals surface area contributed by atoms with E-state index < -0.39 is 11.9 Å². The van der Waals surface area contributed by atoms with Crippen molar-refractivity contribution in [2.24, 2.45) is 0 Å². The van der Waals surface area contributed by atoms with Gasteiger partial charge < -0.3 is 20.9 Å². The lowest BCUT2D eigenvalue weighted by atomic mass is 10.1. The third-order valence-corrected chi connectivity index (χ3v) is 3.52. The molecule has 0 aliphatic rings. The van der Waals surface area contributed by atoms with E-state index >= 15 is 0 Å². The Hall–Kier alpha value is -3.80. The molecule has 0 bridgehead atoms. The zero-order chi connectivity index (χ0) is 18.5. The summed E-state index contributed by atoms with van der Waals surface area (Å²) >= 11 is 0. The smallest absolute Gasteiger partial charge is 0.343 e. The summed E-state index contributed by atoms with van der Waals surface area (Å²) in [6.07, 6.45) is 0. The van der Waals surface area contributed by atoms with E-state index in [1.54, 1.807) is 60.7 Å². The van der Waals surface area contributed by atoms with Gasteiger partial charge in [0.1, 0.15) is 5.75 Å². The van der Waals surface area contributed by atoms with E-state index in [1.807, 2.05) is 0 Å². The quantitative estimate of drug-likeness (QED) is 0.426. The zero-order valence-corrected chi connectivity index (χ0v) is 13.7. The lowest BCUT2D eigenvalue weighted by Gasteiger charge is -2.08. The van der Waals surface area contributed by atoms with E-state index in [0.29, 0.717) is 17.1 Å². The van der Waals surface area contributed by atoms with Crippen molar-refractivity contribution in [2.75, 3.05) is 11.5 Å². The fraction of sp³-hybridized carbons (Fsp3) is 0. The summed E-state index contributed by atoms with van der Waals surface area (Å²) in [6, 6.07) is 19.2. The molecule has 0 spiro atoms. The Kier molecular flexibility index (Phi) is 4.85. The number of anilines is 2. The topological polar surface area (TPSA) is 105 Å². The highest BCUT2D eigenvalue weighted by Gasteiger charge is 2.15. The first kappa shape index (κ1) is 17.0. The molecule has 0 aliphatic heterocycles. The molecule has 3 aromatic carbocycles. The molecule has 0 unspecified atom stereocenters. The van der Waals surface area contributed by atoms with Crippen LogP contribution in [0, 0.1) is 0 Å². The van der Waals surface area contributed by atoms with Crippen molar-refractivity contribution in [3.8, 4) is 11.5 Å². The number of rotatable bonds is 4. The molecule has 6 nitrogen and oxygen atoms in total. The van der Waals surface area contributed by atoms with E-state index in [2.05, 4.69) is 0 Å². The van der Waals surface area contributed by atoms with Gasteiger partial charge in [-0.15, -0.1) is 0 Å². The first-order valence-electron chi connectivity index (χ1n) is 7.77. The fourth-order valence-corrected chi connectivity index (χ4v) is 2.25. The predicted molar refractivity (Wildman–Crippen MR) is 98.1 cm³/mol. The molecule has 3 aromatic rings. The van der Waals surface area contributed by atoms with E-state index in [4.69, 9.17) is 20.9 Å². The molecule has 130 valence electrons. The summed E-state index contributed by atoms with van der Waals surface area (Å²) in [4.78, 5) is 24.6. The molecule has 0 atom stereocenters. The summed E-state index contributed by atoms with van der Waals surface area (Å²) in [5.41, 5.74) is 12.7. The van der Waals surface area contributed by atoms with Gasteiger partial charge in [0.05, 0.1) is 16.8 Å². The predicted octanol–water partition coefficient (Wildman–Crippen LogP) is 3.29. The maximum absolute atomic E-state index is 12.3. The van der Waals surface area contributed by atoms with Crippen LogP contribution in [0.3, 0.4) is 0 Å². The van der Waals surface area contributed by atoms with Crippen LogP contribution in [0.4, 0.5) is 11.4 Å². The largest absolute Gasteiger partial charge is 0.423 e. The van der Waals surface area contributed by atoms with Crippen LogP contribution in [0.15, 0.2) is 72.8 Å². The Bertz CT molecular complexity index is 969. The van der Waals surface area contributed by atoms with E-state index in [1.165, 1.54) is 12.1 Å². The standard InChI is InChI=1S/C20H16N2O4/c21-15-7-4-8-16(12-15)25-19(23)13-5-3-6-14(11-13)20(24)26-18-10-2-1-9-17(18)22/h1-12H,21-22H2. The van der Waals surface area contributed by atoms with E-state index in [9.17, 15) is 9.59 Å². The summed E-state index contributed by atoms with van der Waals surface area (Å²) in [5.74, 6) is -0.656. The van der Waals surface area contributed by atoms with Gasteiger partial charge in [-0.1, -0.05) is 24.3 Å². The van der Waals surface area contributed by atoms with Crippen molar-refractivity contribution in [1.29, 1.82) is 0 Å². The Labute approximate surface area is 150 Å². The second kappa shape index (κ2) is 7.40. The molecule has 0 heterocycles. The highest BCUT2D eigenvalue weighted by molar-refractivity contribution is 5.97. The molecule has 6 heteroatoms. The van der Waals surface area contributed by atoms with Crippen molar-refractivity contribution < 1.29 is 19.1 Å². The number of esters is 2. The van der Waals surface area contributed by atoms with Gasteiger partial charge in [-0.05, 0) is 42.5 Å². The number of benzene rings is 3. The van der Waals surface area contributed by atoms with Crippen molar-refractivity contribution in [3.63, 3.8) is 0 Å². The number of carbonyl (C=O) groups excluding carboxylic acids is 2. The van der Waals surface area contributed by atoms with Gasteiger partial charge in [0.15, 0.2) is 5.75 Å². The van der Waals surface area contributed by atoms with E-state index in [0.717, 1.165) is 0 Å². The van der Waals surface area contributed by atoms with Crippen molar-refractivity contribution >= 4 is 23.3 Å². The molecule has 3 rings (SSSR count).